The number of aryl methyl sites for hydroxylation is 1. The average molecular weight is 588 g/mol. The number of hydrogen-bond acceptors (Lipinski definition) is 4. The molecule has 40 heavy (non-hydrogen) atoms. The minimum absolute atomic E-state index is 0.0299. The second-order valence-electron chi connectivity index (χ2n) is 10.2. The van der Waals surface area contributed by atoms with E-state index in [1.54, 1.807) is 19.1 Å². The van der Waals surface area contributed by atoms with Gasteiger partial charge in [0.15, 0.2) is 0 Å². The molecule has 0 aliphatic rings. The van der Waals surface area contributed by atoms with Gasteiger partial charge < -0.3 is 10.2 Å². The van der Waals surface area contributed by atoms with Crippen molar-refractivity contribution >= 4 is 39.1 Å². The highest BCUT2D eigenvalue weighted by Crippen LogP contribution is 2.27. The van der Waals surface area contributed by atoms with E-state index < -0.39 is 34.3 Å². The third-order valence-electron chi connectivity index (χ3n) is 6.34. The van der Waals surface area contributed by atoms with Crippen LogP contribution in [0.4, 0.5) is 10.1 Å². The number of amides is 2. The highest BCUT2D eigenvalue weighted by atomic mass is 35.5. The van der Waals surface area contributed by atoms with E-state index in [0.29, 0.717) is 22.7 Å². The molecule has 0 radical (unpaired) electrons. The second kappa shape index (κ2) is 13.8. The standard InChI is InChI=1S/C30H35ClFN3O4S/c1-21(2)18-33-30(37)28(16-23-8-6-5-7-9-23)34(19-24-11-14-26(32)15-12-24)29(36)20-35(40(4,38)39)27-17-25(31)13-10-22(27)3/h5-15,17,21,28H,16,18-20H2,1-4H3,(H,33,37). The first-order chi connectivity index (χ1) is 18.8. The Morgan fingerprint density at radius 3 is 2.23 bits per heavy atom. The molecular formula is C30H35ClFN3O4S. The van der Waals surface area contributed by atoms with E-state index in [0.717, 1.165) is 16.1 Å². The lowest BCUT2D eigenvalue weighted by Crippen LogP contribution is -2.53. The topological polar surface area (TPSA) is 86.8 Å². The first-order valence-corrected chi connectivity index (χ1v) is 15.2. The molecule has 0 aliphatic carbocycles. The Morgan fingerprint density at radius 1 is 0.975 bits per heavy atom. The van der Waals surface area contributed by atoms with Crippen LogP contribution >= 0.6 is 11.6 Å². The maximum absolute atomic E-state index is 14.0. The summed E-state index contributed by atoms with van der Waals surface area (Å²) in [6.45, 7) is 5.47. The molecule has 3 aromatic carbocycles. The van der Waals surface area contributed by atoms with Crippen LogP contribution in [0.3, 0.4) is 0 Å². The molecule has 0 aliphatic heterocycles. The molecule has 10 heteroatoms. The monoisotopic (exact) mass is 587 g/mol. The van der Waals surface area contributed by atoms with E-state index in [-0.39, 0.29) is 30.5 Å². The minimum Gasteiger partial charge on any atom is -0.354 e. The molecule has 1 atom stereocenters. The van der Waals surface area contributed by atoms with Crippen molar-refractivity contribution in [2.75, 3.05) is 23.7 Å². The highest BCUT2D eigenvalue weighted by Gasteiger charge is 2.33. The Balaban J connectivity index is 2.06. The van der Waals surface area contributed by atoms with Crippen LogP contribution in [0.1, 0.15) is 30.5 Å². The van der Waals surface area contributed by atoms with Gasteiger partial charge in [-0.15, -0.1) is 0 Å². The SMILES string of the molecule is Cc1ccc(Cl)cc1N(CC(=O)N(Cc1ccc(F)cc1)C(Cc1ccccc1)C(=O)NCC(C)C)S(C)(=O)=O. The smallest absolute Gasteiger partial charge is 0.244 e. The second-order valence-corrected chi connectivity index (χ2v) is 12.5. The van der Waals surface area contributed by atoms with Gasteiger partial charge >= 0.3 is 0 Å². The van der Waals surface area contributed by atoms with Crippen LogP contribution in [-0.2, 0) is 32.6 Å². The van der Waals surface area contributed by atoms with Gasteiger partial charge in [0.2, 0.25) is 21.8 Å². The molecule has 1 N–H and O–H groups in total. The molecule has 3 aromatic rings. The average Bonchev–Trinajstić information content (AvgIpc) is 2.90. The summed E-state index contributed by atoms with van der Waals surface area (Å²) in [5, 5.41) is 3.24. The molecule has 3 rings (SSSR count). The van der Waals surface area contributed by atoms with Crippen molar-refractivity contribution in [1.82, 2.24) is 10.2 Å². The van der Waals surface area contributed by atoms with E-state index in [1.165, 1.54) is 35.2 Å². The van der Waals surface area contributed by atoms with Crippen LogP contribution in [-0.4, -0.2) is 50.5 Å². The number of sulfonamides is 1. The van der Waals surface area contributed by atoms with Crippen LogP contribution in [0.2, 0.25) is 5.02 Å². The summed E-state index contributed by atoms with van der Waals surface area (Å²) in [6.07, 6.45) is 1.22. The highest BCUT2D eigenvalue weighted by molar-refractivity contribution is 7.92. The number of anilines is 1. The third kappa shape index (κ3) is 8.79. The maximum atomic E-state index is 14.0. The Labute approximate surface area is 241 Å². The number of rotatable bonds is 12. The number of carbonyl (C=O) groups excluding carboxylic acids is 2. The largest absolute Gasteiger partial charge is 0.354 e. The van der Waals surface area contributed by atoms with Crippen molar-refractivity contribution in [2.24, 2.45) is 5.92 Å². The molecule has 7 nitrogen and oxygen atoms in total. The molecule has 0 spiro atoms. The Hall–Kier alpha value is -3.43. The third-order valence-corrected chi connectivity index (χ3v) is 7.70. The lowest BCUT2D eigenvalue weighted by atomic mass is 10.0. The van der Waals surface area contributed by atoms with Crippen molar-refractivity contribution in [3.8, 4) is 0 Å². The Morgan fingerprint density at radius 2 is 1.62 bits per heavy atom. The number of hydrogen-bond donors (Lipinski definition) is 1. The van der Waals surface area contributed by atoms with Gasteiger partial charge in [-0.3, -0.25) is 13.9 Å². The summed E-state index contributed by atoms with van der Waals surface area (Å²) in [6, 6.07) is 18.8. The van der Waals surface area contributed by atoms with E-state index in [1.807, 2.05) is 44.2 Å². The fourth-order valence-electron chi connectivity index (χ4n) is 4.21. The zero-order valence-electron chi connectivity index (χ0n) is 23.1. The maximum Gasteiger partial charge on any atom is 0.244 e. The van der Waals surface area contributed by atoms with Crippen molar-refractivity contribution < 1.29 is 22.4 Å². The predicted octanol–water partition coefficient (Wildman–Crippen LogP) is 4.97. The zero-order chi connectivity index (χ0) is 29.4. The van der Waals surface area contributed by atoms with Gasteiger partial charge in [0, 0.05) is 24.5 Å². The van der Waals surface area contributed by atoms with E-state index in [2.05, 4.69) is 5.32 Å². The number of nitrogens with zero attached hydrogens (tertiary/aromatic N) is 2. The summed E-state index contributed by atoms with van der Waals surface area (Å²) < 4.78 is 40.5. The molecule has 2 amide bonds. The normalized spacial score (nSPS) is 12.2. The summed E-state index contributed by atoms with van der Waals surface area (Å²) in [7, 11) is -3.91. The summed E-state index contributed by atoms with van der Waals surface area (Å²) in [5.74, 6) is -1.21. The quantitative estimate of drug-likeness (QED) is 0.324. The Bertz CT molecular complexity index is 1420. The Kier molecular flexibility index (Phi) is 10.7. The zero-order valence-corrected chi connectivity index (χ0v) is 24.7. The van der Waals surface area contributed by atoms with Crippen molar-refractivity contribution in [2.45, 2.75) is 39.8 Å². The fraction of sp³-hybridized carbons (Fsp3) is 0.333. The molecule has 0 aromatic heterocycles. The number of halogens is 2. The molecule has 1 unspecified atom stereocenters. The minimum atomic E-state index is -3.91. The lowest BCUT2D eigenvalue weighted by molar-refractivity contribution is -0.140. The van der Waals surface area contributed by atoms with Gasteiger partial charge in [-0.25, -0.2) is 12.8 Å². The van der Waals surface area contributed by atoms with Gasteiger partial charge in [0.05, 0.1) is 11.9 Å². The van der Waals surface area contributed by atoms with E-state index in [9.17, 15) is 22.4 Å². The van der Waals surface area contributed by atoms with Gasteiger partial charge in [0.25, 0.3) is 0 Å². The first kappa shape index (κ1) is 31.1. The lowest BCUT2D eigenvalue weighted by Gasteiger charge is -2.34. The molecule has 0 saturated heterocycles. The van der Waals surface area contributed by atoms with E-state index >= 15 is 0 Å². The molecule has 0 bridgehead atoms. The van der Waals surface area contributed by atoms with Crippen LogP contribution in [0.5, 0.6) is 0 Å². The summed E-state index contributed by atoms with van der Waals surface area (Å²) in [4.78, 5) is 29.0. The molecule has 214 valence electrons. The number of carbonyl (C=O) groups is 2. The van der Waals surface area contributed by atoms with Gasteiger partial charge in [-0.05, 0) is 53.8 Å². The molecule has 0 saturated carbocycles. The van der Waals surface area contributed by atoms with Crippen LogP contribution in [0.25, 0.3) is 0 Å². The molecule has 0 fully saturated rings. The van der Waals surface area contributed by atoms with Crippen molar-refractivity contribution in [3.63, 3.8) is 0 Å². The van der Waals surface area contributed by atoms with Gasteiger partial charge in [-0.2, -0.15) is 0 Å². The molecular weight excluding hydrogens is 553 g/mol. The van der Waals surface area contributed by atoms with Crippen molar-refractivity contribution in [1.29, 1.82) is 0 Å². The van der Waals surface area contributed by atoms with E-state index in [4.69, 9.17) is 11.6 Å². The summed E-state index contributed by atoms with van der Waals surface area (Å²) >= 11 is 6.17. The van der Waals surface area contributed by atoms with Crippen LogP contribution in [0.15, 0.2) is 72.8 Å². The fourth-order valence-corrected chi connectivity index (χ4v) is 5.27. The van der Waals surface area contributed by atoms with Crippen LogP contribution in [0, 0.1) is 18.7 Å². The first-order valence-electron chi connectivity index (χ1n) is 12.9. The van der Waals surface area contributed by atoms with Gasteiger partial charge in [0.1, 0.15) is 18.4 Å². The van der Waals surface area contributed by atoms with Crippen molar-refractivity contribution in [3.05, 3.63) is 100 Å². The van der Waals surface area contributed by atoms with Gasteiger partial charge in [-0.1, -0.05) is 74.0 Å². The predicted molar refractivity (Wildman–Crippen MR) is 157 cm³/mol. The number of benzene rings is 3. The number of nitrogens with one attached hydrogen (secondary N) is 1. The summed E-state index contributed by atoms with van der Waals surface area (Å²) in [5.41, 5.74) is 2.31. The van der Waals surface area contributed by atoms with Crippen LogP contribution < -0.4 is 9.62 Å². The molecule has 0 heterocycles.